The summed E-state index contributed by atoms with van der Waals surface area (Å²) in [5.74, 6) is 0.416. The average molecular weight is 168 g/mol. The number of carbonyl (C=O) groups is 1. The van der Waals surface area contributed by atoms with Crippen molar-refractivity contribution in [2.45, 2.75) is 46.5 Å². The third-order valence-electron chi connectivity index (χ3n) is 1.96. The Labute approximate surface area is 75.9 Å². The van der Waals surface area contributed by atoms with E-state index >= 15 is 0 Å². The van der Waals surface area contributed by atoms with Crippen LogP contribution in [-0.4, -0.2) is 6.29 Å². The van der Waals surface area contributed by atoms with Gasteiger partial charge in [-0.25, -0.2) is 0 Å². The van der Waals surface area contributed by atoms with E-state index in [0.717, 1.165) is 6.29 Å². The van der Waals surface area contributed by atoms with Crippen LogP contribution in [0.1, 0.15) is 46.5 Å². The average Bonchev–Trinajstić information content (AvgIpc) is 2.01. The molecular weight excluding hydrogens is 148 g/mol. The van der Waals surface area contributed by atoms with Crippen molar-refractivity contribution in [2.75, 3.05) is 0 Å². The Morgan fingerprint density at radius 3 is 2.67 bits per heavy atom. The van der Waals surface area contributed by atoms with Gasteiger partial charge in [-0.15, -0.1) is 0 Å². The van der Waals surface area contributed by atoms with Gasteiger partial charge >= 0.3 is 0 Å². The molecule has 0 aliphatic carbocycles. The molecule has 0 saturated heterocycles. The molecule has 0 aliphatic rings. The molecule has 12 heavy (non-hydrogen) atoms. The largest absolute Gasteiger partial charge is 0.303 e. The first-order valence-corrected chi connectivity index (χ1v) is 4.81. The fraction of sp³-hybridized carbons (Fsp3) is 0.727. The third-order valence-corrected chi connectivity index (χ3v) is 1.96. The molecule has 0 N–H and O–H groups in total. The highest BCUT2D eigenvalue weighted by Crippen LogP contribution is 2.11. The van der Waals surface area contributed by atoms with Crippen molar-refractivity contribution in [3.63, 3.8) is 0 Å². The van der Waals surface area contributed by atoms with Gasteiger partial charge in [-0.1, -0.05) is 31.9 Å². The predicted molar refractivity (Wildman–Crippen MR) is 53.1 cm³/mol. The highest BCUT2D eigenvalue weighted by molar-refractivity contribution is 5.50. The van der Waals surface area contributed by atoms with Gasteiger partial charge in [-0.2, -0.15) is 0 Å². The molecule has 0 amide bonds. The lowest BCUT2D eigenvalue weighted by molar-refractivity contribution is -0.108. The van der Waals surface area contributed by atoms with Gasteiger partial charge in [0.05, 0.1) is 0 Å². The first kappa shape index (κ1) is 11.4. The smallest absolute Gasteiger partial charge is 0.120 e. The van der Waals surface area contributed by atoms with Crippen LogP contribution in [0.3, 0.4) is 0 Å². The van der Waals surface area contributed by atoms with Crippen LogP contribution in [-0.2, 0) is 4.79 Å². The van der Waals surface area contributed by atoms with Crippen LogP contribution in [0.4, 0.5) is 0 Å². The van der Waals surface area contributed by atoms with E-state index in [-0.39, 0.29) is 0 Å². The van der Waals surface area contributed by atoms with Gasteiger partial charge in [0, 0.05) is 6.42 Å². The number of rotatable bonds is 6. The molecule has 0 spiro atoms. The van der Waals surface area contributed by atoms with Gasteiger partial charge in [0.15, 0.2) is 0 Å². The molecule has 0 bridgehead atoms. The molecule has 0 rings (SSSR count). The molecule has 0 radical (unpaired) electrons. The second kappa shape index (κ2) is 7.08. The first-order chi connectivity index (χ1) is 5.70. The zero-order valence-electron chi connectivity index (χ0n) is 8.47. The number of allylic oxidation sites excluding steroid dienone is 2. The standard InChI is InChI=1S/C11H20O/c1-4-5-6-10(2)9-11(3)7-8-12/h8-9,11H,4-7H2,1-3H3. The Morgan fingerprint density at radius 1 is 1.50 bits per heavy atom. The number of unbranched alkanes of at least 4 members (excludes halogenated alkanes) is 1. The molecule has 1 heteroatoms. The Bertz CT molecular complexity index is 147. The molecule has 0 fully saturated rings. The summed E-state index contributed by atoms with van der Waals surface area (Å²) in [4.78, 5) is 10.2. The lowest BCUT2D eigenvalue weighted by Gasteiger charge is -2.03. The molecule has 0 aromatic carbocycles. The second-order valence-electron chi connectivity index (χ2n) is 3.50. The highest BCUT2D eigenvalue weighted by Gasteiger charge is 1.97. The van der Waals surface area contributed by atoms with Crippen molar-refractivity contribution in [1.82, 2.24) is 0 Å². The van der Waals surface area contributed by atoms with Crippen LogP contribution in [0.5, 0.6) is 0 Å². The maximum Gasteiger partial charge on any atom is 0.120 e. The van der Waals surface area contributed by atoms with Crippen molar-refractivity contribution in [2.24, 2.45) is 5.92 Å². The number of carbonyl (C=O) groups excluding carboxylic acids is 1. The molecule has 0 aromatic rings. The summed E-state index contributed by atoms with van der Waals surface area (Å²) in [6, 6.07) is 0. The van der Waals surface area contributed by atoms with Crippen LogP contribution in [0.2, 0.25) is 0 Å². The Kier molecular flexibility index (Phi) is 6.73. The fourth-order valence-electron chi connectivity index (χ4n) is 1.24. The summed E-state index contributed by atoms with van der Waals surface area (Å²) in [7, 11) is 0. The van der Waals surface area contributed by atoms with Crippen molar-refractivity contribution in [1.29, 1.82) is 0 Å². The van der Waals surface area contributed by atoms with Crippen LogP contribution in [0.25, 0.3) is 0 Å². The van der Waals surface area contributed by atoms with Gasteiger partial charge in [-0.3, -0.25) is 0 Å². The van der Waals surface area contributed by atoms with Crippen LogP contribution in [0, 0.1) is 5.92 Å². The Hall–Kier alpha value is -0.590. The summed E-state index contributed by atoms with van der Waals surface area (Å²) in [5, 5.41) is 0. The monoisotopic (exact) mass is 168 g/mol. The minimum Gasteiger partial charge on any atom is -0.303 e. The molecule has 0 aliphatic heterocycles. The zero-order chi connectivity index (χ0) is 9.40. The Morgan fingerprint density at radius 2 is 2.17 bits per heavy atom. The van der Waals surface area contributed by atoms with E-state index in [1.807, 2.05) is 0 Å². The lowest BCUT2D eigenvalue weighted by atomic mass is 10.0. The van der Waals surface area contributed by atoms with Crippen LogP contribution < -0.4 is 0 Å². The quantitative estimate of drug-likeness (QED) is 0.439. The minimum absolute atomic E-state index is 0.416. The normalized spacial score (nSPS) is 14.4. The first-order valence-electron chi connectivity index (χ1n) is 4.81. The highest BCUT2D eigenvalue weighted by atomic mass is 16.1. The summed E-state index contributed by atoms with van der Waals surface area (Å²) in [6.07, 6.45) is 7.55. The third kappa shape index (κ3) is 6.14. The molecule has 1 unspecified atom stereocenters. The minimum atomic E-state index is 0.416. The van der Waals surface area contributed by atoms with E-state index in [1.54, 1.807) is 0 Å². The Balaban J connectivity index is 3.71. The summed E-state index contributed by atoms with van der Waals surface area (Å²) in [5.41, 5.74) is 1.42. The van der Waals surface area contributed by atoms with Crippen molar-refractivity contribution >= 4 is 6.29 Å². The number of aldehydes is 1. The van der Waals surface area contributed by atoms with Crippen LogP contribution >= 0.6 is 0 Å². The van der Waals surface area contributed by atoms with Crippen molar-refractivity contribution < 1.29 is 4.79 Å². The second-order valence-corrected chi connectivity index (χ2v) is 3.50. The van der Waals surface area contributed by atoms with Gasteiger partial charge in [-0.05, 0) is 25.7 Å². The summed E-state index contributed by atoms with van der Waals surface area (Å²) >= 11 is 0. The maximum atomic E-state index is 10.2. The summed E-state index contributed by atoms with van der Waals surface area (Å²) in [6.45, 7) is 6.43. The van der Waals surface area contributed by atoms with E-state index in [4.69, 9.17) is 0 Å². The molecule has 1 atom stereocenters. The maximum absolute atomic E-state index is 10.2. The van der Waals surface area contributed by atoms with E-state index < -0.39 is 0 Å². The topological polar surface area (TPSA) is 17.1 Å². The molecule has 1 nitrogen and oxygen atoms in total. The lowest BCUT2D eigenvalue weighted by Crippen LogP contribution is -1.92. The summed E-state index contributed by atoms with van der Waals surface area (Å²) < 4.78 is 0. The van der Waals surface area contributed by atoms with Crippen molar-refractivity contribution in [3.05, 3.63) is 11.6 Å². The van der Waals surface area contributed by atoms with E-state index in [1.165, 1.54) is 24.8 Å². The van der Waals surface area contributed by atoms with E-state index in [9.17, 15) is 4.79 Å². The molecular formula is C11H20O. The van der Waals surface area contributed by atoms with Crippen LogP contribution in [0.15, 0.2) is 11.6 Å². The zero-order valence-corrected chi connectivity index (χ0v) is 8.47. The molecule has 0 heterocycles. The predicted octanol–water partition coefficient (Wildman–Crippen LogP) is 3.35. The van der Waals surface area contributed by atoms with E-state index in [2.05, 4.69) is 26.8 Å². The van der Waals surface area contributed by atoms with Gasteiger partial charge in [0.1, 0.15) is 6.29 Å². The van der Waals surface area contributed by atoms with Gasteiger partial charge < -0.3 is 4.79 Å². The van der Waals surface area contributed by atoms with E-state index in [0.29, 0.717) is 12.3 Å². The SMILES string of the molecule is CCCCC(C)=CC(C)CC=O. The number of hydrogen-bond donors (Lipinski definition) is 0. The fourth-order valence-corrected chi connectivity index (χ4v) is 1.24. The van der Waals surface area contributed by atoms with Crippen molar-refractivity contribution in [3.8, 4) is 0 Å². The van der Waals surface area contributed by atoms with Gasteiger partial charge in [0.25, 0.3) is 0 Å². The van der Waals surface area contributed by atoms with Gasteiger partial charge in [0.2, 0.25) is 0 Å². The molecule has 70 valence electrons. The number of hydrogen-bond acceptors (Lipinski definition) is 1. The molecule has 0 aromatic heterocycles. The molecule has 0 saturated carbocycles.